The molecular formula is C26H38N2O2. The van der Waals surface area contributed by atoms with Crippen molar-refractivity contribution in [3.05, 3.63) is 59.7 Å². The number of piperidine rings is 1. The van der Waals surface area contributed by atoms with E-state index in [0.717, 1.165) is 31.1 Å². The molecule has 0 radical (unpaired) electrons. The first-order valence-electron chi connectivity index (χ1n) is 11.0. The summed E-state index contributed by atoms with van der Waals surface area (Å²) in [6.45, 7) is 7.91. The van der Waals surface area contributed by atoms with Crippen molar-refractivity contribution in [2.24, 2.45) is 5.92 Å². The van der Waals surface area contributed by atoms with Gasteiger partial charge in [-0.05, 0) is 69.6 Å². The lowest BCUT2D eigenvalue weighted by Gasteiger charge is -2.50. The van der Waals surface area contributed by atoms with Gasteiger partial charge >= 0.3 is 0 Å². The molecule has 3 atom stereocenters. The Labute approximate surface area is 182 Å². The minimum atomic E-state index is 0.221. The van der Waals surface area contributed by atoms with Gasteiger partial charge in [-0.15, -0.1) is 0 Å². The lowest BCUT2D eigenvalue weighted by molar-refractivity contribution is 0.0622. The number of hydrogen-bond acceptors (Lipinski definition) is 4. The molecule has 2 aromatic carbocycles. The Morgan fingerprint density at radius 2 is 1.73 bits per heavy atom. The van der Waals surface area contributed by atoms with Crippen LogP contribution in [0.15, 0.2) is 48.5 Å². The summed E-state index contributed by atoms with van der Waals surface area (Å²) in [5, 5.41) is 0. The Morgan fingerprint density at radius 1 is 1.03 bits per heavy atom. The highest BCUT2D eigenvalue weighted by Crippen LogP contribution is 2.44. The van der Waals surface area contributed by atoms with Crippen molar-refractivity contribution in [2.75, 3.05) is 41.4 Å². The van der Waals surface area contributed by atoms with Crippen LogP contribution in [0.25, 0.3) is 0 Å². The van der Waals surface area contributed by atoms with Crippen molar-refractivity contribution in [1.29, 1.82) is 0 Å². The van der Waals surface area contributed by atoms with Crippen LogP contribution in [0.5, 0.6) is 11.5 Å². The van der Waals surface area contributed by atoms with Gasteiger partial charge in [0.1, 0.15) is 0 Å². The first-order valence-corrected chi connectivity index (χ1v) is 11.0. The normalized spacial score (nSPS) is 24.8. The number of benzene rings is 2. The Bertz CT molecular complexity index is 810. The van der Waals surface area contributed by atoms with Crippen molar-refractivity contribution < 1.29 is 9.47 Å². The van der Waals surface area contributed by atoms with Crippen LogP contribution < -0.4 is 9.47 Å². The third kappa shape index (κ3) is 4.81. The van der Waals surface area contributed by atoms with Crippen LogP contribution in [0.4, 0.5) is 0 Å². The molecule has 1 aliphatic heterocycles. The van der Waals surface area contributed by atoms with E-state index in [1.807, 2.05) is 6.07 Å². The van der Waals surface area contributed by atoms with E-state index in [9.17, 15) is 0 Å². The van der Waals surface area contributed by atoms with Crippen LogP contribution in [0.1, 0.15) is 37.8 Å². The molecule has 2 aromatic rings. The van der Waals surface area contributed by atoms with Crippen LogP contribution in [0, 0.1) is 5.92 Å². The second-order valence-electron chi connectivity index (χ2n) is 9.09. The maximum absolute atomic E-state index is 5.48. The molecule has 0 spiro atoms. The predicted octanol–water partition coefficient (Wildman–Crippen LogP) is 4.82. The third-order valence-electron chi connectivity index (χ3n) is 7.11. The van der Waals surface area contributed by atoms with E-state index in [0.29, 0.717) is 12.0 Å². The maximum atomic E-state index is 5.48. The van der Waals surface area contributed by atoms with E-state index in [2.05, 4.69) is 80.2 Å². The zero-order chi connectivity index (χ0) is 21.7. The zero-order valence-electron chi connectivity index (χ0n) is 19.5. The standard InChI is InChI=1S/C26H38N2O2/c1-20-18-28(4)21(2)17-26(20,23-10-8-7-9-11-23)14-15-27(3)19-22-12-13-24(29-5)25(16-22)30-6/h7-13,16,20-21H,14-15,17-19H2,1-6H3. The Kier molecular flexibility index (Phi) is 7.43. The molecule has 30 heavy (non-hydrogen) atoms. The van der Waals surface area contributed by atoms with Gasteiger partial charge in [0.2, 0.25) is 0 Å². The average molecular weight is 411 g/mol. The predicted molar refractivity (Wildman–Crippen MR) is 124 cm³/mol. The second kappa shape index (κ2) is 9.84. The second-order valence-corrected chi connectivity index (χ2v) is 9.09. The number of rotatable bonds is 8. The Balaban J connectivity index is 1.75. The molecule has 1 fully saturated rings. The molecule has 4 nitrogen and oxygen atoms in total. The summed E-state index contributed by atoms with van der Waals surface area (Å²) in [7, 11) is 7.85. The van der Waals surface area contributed by atoms with E-state index in [1.54, 1.807) is 14.2 Å². The van der Waals surface area contributed by atoms with Crippen molar-refractivity contribution in [1.82, 2.24) is 9.80 Å². The quantitative estimate of drug-likeness (QED) is 0.623. The maximum Gasteiger partial charge on any atom is 0.161 e. The van der Waals surface area contributed by atoms with Gasteiger partial charge in [0.05, 0.1) is 14.2 Å². The highest BCUT2D eigenvalue weighted by atomic mass is 16.5. The van der Waals surface area contributed by atoms with Crippen LogP contribution in [-0.2, 0) is 12.0 Å². The molecule has 1 aliphatic rings. The molecule has 164 valence electrons. The molecule has 4 heteroatoms. The monoisotopic (exact) mass is 410 g/mol. The summed E-state index contributed by atoms with van der Waals surface area (Å²) in [6, 6.07) is 18.0. The van der Waals surface area contributed by atoms with Gasteiger partial charge in [0.15, 0.2) is 11.5 Å². The number of nitrogens with zero attached hydrogens (tertiary/aromatic N) is 2. The minimum absolute atomic E-state index is 0.221. The van der Waals surface area contributed by atoms with E-state index >= 15 is 0 Å². The van der Waals surface area contributed by atoms with Gasteiger partial charge in [-0.2, -0.15) is 0 Å². The fraction of sp³-hybridized carbons (Fsp3) is 0.538. The molecule has 0 amide bonds. The summed E-state index contributed by atoms with van der Waals surface area (Å²) < 4.78 is 10.8. The molecule has 1 heterocycles. The largest absolute Gasteiger partial charge is 0.493 e. The number of methoxy groups -OCH3 is 2. The summed E-state index contributed by atoms with van der Waals surface area (Å²) in [5.74, 6) is 2.19. The Morgan fingerprint density at radius 3 is 2.40 bits per heavy atom. The number of ether oxygens (including phenoxy) is 2. The fourth-order valence-electron chi connectivity index (χ4n) is 5.10. The van der Waals surface area contributed by atoms with E-state index < -0.39 is 0 Å². The van der Waals surface area contributed by atoms with Crippen molar-refractivity contribution in [3.63, 3.8) is 0 Å². The first-order chi connectivity index (χ1) is 14.4. The minimum Gasteiger partial charge on any atom is -0.493 e. The first kappa shape index (κ1) is 22.6. The van der Waals surface area contributed by atoms with Gasteiger partial charge < -0.3 is 19.3 Å². The smallest absolute Gasteiger partial charge is 0.161 e. The van der Waals surface area contributed by atoms with Crippen LogP contribution >= 0.6 is 0 Å². The molecule has 0 bridgehead atoms. The SMILES string of the molecule is COc1ccc(CN(C)CCC2(c3ccccc3)CC(C)N(C)CC2C)cc1OC. The van der Waals surface area contributed by atoms with E-state index in [1.165, 1.54) is 24.0 Å². The van der Waals surface area contributed by atoms with Crippen LogP contribution in [0.3, 0.4) is 0 Å². The van der Waals surface area contributed by atoms with Crippen molar-refractivity contribution >= 4 is 0 Å². The Hall–Kier alpha value is -2.04. The summed E-state index contributed by atoms with van der Waals surface area (Å²) in [4.78, 5) is 4.95. The number of hydrogen-bond donors (Lipinski definition) is 0. The average Bonchev–Trinajstić information content (AvgIpc) is 2.76. The summed E-state index contributed by atoms with van der Waals surface area (Å²) in [5.41, 5.74) is 2.96. The molecule has 0 saturated carbocycles. The lowest BCUT2D eigenvalue weighted by atomic mass is 9.63. The van der Waals surface area contributed by atoms with Crippen molar-refractivity contribution in [3.8, 4) is 11.5 Å². The van der Waals surface area contributed by atoms with E-state index in [4.69, 9.17) is 9.47 Å². The molecule has 0 N–H and O–H groups in total. The fourth-order valence-corrected chi connectivity index (χ4v) is 5.10. The summed E-state index contributed by atoms with van der Waals surface area (Å²) in [6.07, 6.45) is 2.37. The molecular weight excluding hydrogens is 372 g/mol. The molecule has 3 rings (SSSR count). The van der Waals surface area contributed by atoms with Crippen molar-refractivity contribution in [2.45, 2.75) is 44.7 Å². The molecule has 1 saturated heterocycles. The molecule has 0 aromatic heterocycles. The highest BCUT2D eigenvalue weighted by molar-refractivity contribution is 5.42. The number of likely N-dealkylation sites (tertiary alicyclic amines) is 1. The van der Waals surface area contributed by atoms with Crippen LogP contribution in [-0.4, -0.2) is 57.2 Å². The van der Waals surface area contributed by atoms with Crippen LogP contribution in [0.2, 0.25) is 0 Å². The van der Waals surface area contributed by atoms with Gasteiger partial charge in [-0.3, -0.25) is 0 Å². The van der Waals surface area contributed by atoms with Gasteiger partial charge in [-0.1, -0.05) is 43.3 Å². The highest BCUT2D eigenvalue weighted by Gasteiger charge is 2.43. The topological polar surface area (TPSA) is 24.9 Å². The van der Waals surface area contributed by atoms with Gasteiger partial charge in [-0.25, -0.2) is 0 Å². The zero-order valence-corrected chi connectivity index (χ0v) is 19.5. The molecule has 3 unspecified atom stereocenters. The molecule has 0 aliphatic carbocycles. The van der Waals surface area contributed by atoms with Gasteiger partial charge in [0.25, 0.3) is 0 Å². The lowest BCUT2D eigenvalue weighted by Crippen LogP contribution is -2.52. The summed E-state index contributed by atoms with van der Waals surface area (Å²) >= 11 is 0. The van der Waals surface area contributed by atoms with Gasteiger partial charge in [0, 0.05) is 24.5 Å². The van der Waals surface area contributed by atoms with E-state index in [-0.39, 0.29) is 5.41 Å². The third-order valence-corrected chi connectivity index (χ3v) is 7.11.